The summed E-state index contributed by atoms with van der Waals surface area (Å²) in [6.07, 6.45) is 1.34. The van der Waals surface area contributed by atoms with E-state index in [2.05, 4.69) is 4.98 Å². The Labute approximate surface area is 123 Å². The summed E-state index contributed by atoms with van der Waals surface area (Å²) in [6.45, 7) is 1.15. The van der Waals surface area contributed by atoms with Crippen molar-refractivity contribution in [1.82, 2.24) is 9.88 Å². The van der Waals surface area contributed by atoms with E-state index in [1.807, 2.05) is 30.3 Å². The van der Waals surface area contributed by atoms with Crippen LogP contribution in [-0.4, -0.2) is 43.1 Å². The van der Waals surface area contributed by atoms with Crippen molar-refractivity contribution in [2.75, 3.05) is 27.3 Å². The number of ether oxygens (including phenoxy) is 2. The van der Waals surface area contributed by atoms with Gasteiger partial charge in [0.05, 0.1) is 6.61 Å². The number of rotatable bonds is 7. The van der Waals surface area contributed by atoms with Gasteiger partial charge in [-0.15, -0.1) is 0 Å². The molecule has 112 valence electrons. The topological polar surface area (TPSA) is 64.8 Å². The van der Waals surface area contributed by atoms with Crippen molar-refractivity contribution in [2.45, 2.75) is 6.61 Å². The predicted octanol–water partition coefficient (Wildman–Crippen LogP) is 1.97. The summed E-state index contributed by atoms with van der Waals surface area (Å²) in [6, 6.07) is 9.35. The van der Waals surface area contributed by atoms with Crippen LogP contribution in [0.1, 0.15) is 16.4 Å². The van der Waals surface area contributed by atoms with Gasteiger partial charge < -0.3 is 18.8 Å². The molecule has 0 saturated heterocycles. The molecule has 2 aromatic rings. The number of oxazole rings is 1. The van der Waals surface area contributed by atoms with Gasteiger partial charge >= 0.3 is 0 Å². The van der Waals surface area contributed by atoms with Gasteiger partial charge in [0, 0.05) is 20.7 Å². The van der Waals surface area contributed by atoms with Crippen LogP contribution in [-0.2, 0) is 11.3 Å². The highest BCUT2D eigenvalue weighted by atomic mass is 16.5. The molecule has 6 heteroatoms. The van der Waals surface area contributed by atoms with Crippen LogP contribution in [0.3, 0.4) is 0 Å². The molecule has 1 heterocycles. The molecule has 2 rings (SSSR count). The lowest BCUT2D eigenvalue weighted by Crippen LogP contribution is -2.30. The van der Waals surface area contributed by atoms with Crippen molar-refractivity contribution in [3.05, 3.63) is 48.2 Å². The Hall–Kier alpha value is -2.34. The van der Waals surface area contributed by atoms with E-state index in [0.29, 0.717) is 19.0 Å². The van der Waals surface area contributed by atoms with Gasteiger partial charge in [0.15, 0.2) is 12.3 Å². The Kier molecular flexibility index (Phi) is 5.34. The molecule has 0 N–H and O–H groups in total. The Morgan fingerprint density at radius 2 is 2.10 bits per heavy atom. The first-order valence-electron chi connectivity index (χ1n) is 6.57. The molecule has 6 nitrogen and oxygen atoms in total. The second-order valence-electron chi connectivity index (χ2n) is 4.45. The number of nitrogens with zero attached hydrogens (tertiary/aromatic N) is 2. The van der Waals surface area contributed by atoms with Crippen molar-refractivity contribution < 1.29 is 18.7 Å². The Bertz CT molecular complexity index is 568. The molecule has 0 unspecified atom stereocenters. The predicted molar refractivity (Wildman–Crippen MR) is 76.1 cm³/mol. The van der Waals surface area contributed by atoms with Gasteiger partial charge in [-0.25, -0.2) is 4.98 Å². The van der Waals surface area contributed by atoms with Crippen LogP contribution in [0, 0.1) is 0 Å². The summed E-state index contributed by atoms with van der Waals surface area (Å²) >= 11 is 0. The minimum Gasteiger partial charge on any atom is -0.484 e. The van der Waals surface area contributed by atoms with Crippen LogP contribution in [0.4, 0.5) is 0 Å². The van der Waals surface area contributed by atoms with Gasteiger partial charge in [-0.05, 0) is 12.1 Å². The number of aromatic nitrogens is 1. The fraction of sp³-hybridized carbons (Fsp3) is 0.333. The lowest BCUT2D eigenvalue weighted by atomic mass is 10.3. The van der Waals surface area contributed by atoms with Crippen molar-refractivity contribution in [1.29, 1.82) is 0 Å². The molecule has 0 aliphatic rings. The number of likely N-dealkylation sites (N-methyl/N-ethyl adjacent to an activating group) is 1. The molecule has 0 bridgehead atoms. The first-order valence-corrected chi connectivity index (χ1v) is 6.57. The van der Waals surface area contributed by atoms with Crippen molar-refractivity contribution in [3.63, 3.8) is 0 Å². The number of amides is 1. The van der Waals surface area contributed by atoms with E-state index in [9.17, 15) is 4.79 Å². The molecule has 21 heavy (non-hydrogen) atoms. The summed E-state index contributed by atoms with van der Waals surface area (Å²) in [5.41, 5.74) is 0.264. The van der Waals surface area contributed by atoms with Gasteiger partial charge in [0.1, 0.15) is 12.0 Å². The maximum Gasteiger partial charge on any atom is 0.275 e. The molecule has 0 radical (unpaired) electrons. The SMILES string of the molecule is COCCN(C)C(=O)c1coc(COc2ccccc2)n1. The molecule has 0 aliphatic heterocycles. The molecular weight excluding hydrogens is 272 g/mol. The molecule has 1 aromatic carbocycles. The highest BCUT2D eigenvalue weighted by molar-refractivity contribution is 5.91. The quantitative estimate of drug-likeness (QED) is 0.780. The zero-order chi connectivity index (χ0) is 15.1. The molecule has 0 spiro atoms. The number of benzene rings is 1. The van der Waals surface area contributed by atoms with Gasteiger partial charge in [-0.3, -0.25) is 4.79 Å². The van der Waals surface area contributed by atoms with E-state index in [1.54, 1.807) is 14.2 Å². The molecule has 0 saturated carbocycles. The van der Waals surface area contributed by atoms with Crippen LogP contribution in [0.2, 0.25) is 0 Å². The van der Waals surface area contributed by atoms with Crippen molar-refractivity contribution in [3.8, 4) is 5.75 Å². The second kappa shape index (κ2) is 7.44. The monoisotopic (exact) mass is 290 g/mol. The minimum atomic E-state index is -0.207. The van der Waals surface area contributed by atoms with Crippen LogP contribution in [0.15, 0.2) is 41.0 Å². The number of carbonyl (C=O) groups is 1. The summed E-state index contributed by atoms with van der Waals surface area (Å²) in [5.74, 6) is 0.880. The fourth-order valence-corrected chi connectivity index (χ4v) is 1.66. The van der Waals surface area contributed by atoms with Crippen molar-refractivity contribution >= 4 is 5.91 Å². The highest BCUT2D eigenvalue weighted by Crippen LogP contribution is 2.12. The third-order valence-corrected chi connectivity index (χ3v) is 2.85. The van der Waals surface area contributed by atoms with Gasteiger partial charge in [-0.2, -0.15) is 0 Å². The highest BCUT2D eigenvalue weighted by Gasteiger charge is 2.16. The largest absolute Gasteiger partial charge is 0.484 e. The van der Waals surface area contributed by atoms with Gasteiger partial charge in [0.2, 0.25) is 5.89 Å². The lowest BCUT2D eigenvalue weighted by molar-refractivity contribution is 0.0738. The Balaban J connectivity index is 1.90. The van der Waals surface area contributed by atoms with E-state index in [0.717, 1.165) is 5.75 Å². The van der Waals surface area contributed by atoms with E-state index in [-0.39, 0.29) is 18.2 Å². The number of para-hydroxylation sites is 1. The zero-order valence-corrected chi connectivity index (χ0v) is 12.1. The normalized spacial score (nSPS) is 10.4. The standard InChI is InChI=1S/C15H18N2O4/c1-17(8-9-19-2)15(18)13-10-21-14(16-13)11-20-12-6-4-3-5-7-12/h3-7,10H,8-9,11H2,1-2H3. The number of methoxy groups -OCH3 is 1. The first kappa shape index (κ1) is 15.1. The fourth-order valence-electron chi connectivity index (χ4n) is 1.66. The van der Waals surface area contributed by atoms with Crippen LogP contribution in [0.25, 0.3) is 0 Å². The van der Waals surface area contributed by atoms with E-state index >= 15 is 0 Å². The van der Waals surface area contributed by atoms with Crippen LogP contribution >= 0.6 is 0 Å². The summed E-state index contributed by atoms with van der Waals surface area (Å²) in [7, 11) is 3.28. The maximum absolute atomic E-state index is 12.0. The number of hydrogen-bond donors (Lipinski definition) is 0. The minimum absolute atomic E-state index is 0.180. The molecule has 0 atom stereocenters. The molecule has 1 amide bonds. The van der Waals surface area contributed by atoms with Crippen LogP contribution in [0.5, 0.6) is 5.75 Å². The summed E-state index contributed by atoms with van der Waals surface area (Å²) < 4.78 is 15.7. The second-order valence-corrected chi connectivity index (χ2v) is 4.45. The van der Waals surface area contributed by atoms with E-state index in [1.165, 1.54) is 11.2 Å². The number of carbonyl (C=O) groups excluding carboxylic acids is 1. The third kappa shape index (κ3) is 4.32. The summed E-state index contributed by atoms with van der Waals surface area (Å²) in [5, 5.41) is 0. The molecule has 1 aromatic heterocycles. The van der Waals surface area contributed by atoms with Crippen LogP contribution < -0.4 is 4.74 Å². The van der Waals surface area contributed by atoms with Crippen molar-refractivity contribution in [2.24, 2.45) is 0 Å². The van der Waals surface area contributed by atoms with E-state index in [4.69, 9.17) is 13.9 Å². The Morgan fingerprint density at radius 1 is 1.33 bits per heavy atom. The smallest absolute Gasteiger partial charge is 0.275 e. The Morgan fingerprint density at radius 3 is 2.81 bits per heavy atom. The maximum atomic E-state index is 12.0. The lowest BCUT2D eigenvalue weighted by Gasteiger charge is -2.14. The number of hydrogen-bond acceptors (Lipinski definition) is 5. The molecule has 0 aliphatic carbocycles. The molecule has 0 fully saturated rings. The average Bonchev–Trinajstić information content (AvgIpc) is 2.99. The van der Waals surface area contributed by atoms with Gasteiger partial charge in [-0.1, -0.05) is 18.2 Å². The first-order chi connectivity index (χ1) is 10.2. The summed E-state index contributed by atoms with van der Waals surface area (Å²) in [4.78, 5) is 17.7. The van der Waals surface area contributed by atoms with E-state index < -0.39 is 0 Å². The van der Waals surface area contributed by atoms with Gasteiger partial charge in [0.25, 0.3) is 5.91 Å². The average molecular weight is 290 g/mol. The third-order valence-electron chi connectivity index (χ3n) is 2.85. The zero-order valence-electron chi connectivity index (χ0n) is 12.1. The molecular formula is C15H18N2O4.